The summed E-state index contributed by atoms with van der Waals surface area (Å²) in [5.74, 6) is 0.493. The van der Waals surface area contributed by atoms with Gasteiger partial charge < -0.3 is 14.6 Å². The maximum absolute atomic E-state index is 9.73. The van der Waals surface area contributed by atoms with E-state index in [1.165, 1.54) is 5.57 Å². The molecule has 0 aromatic rings. The highest BCUT2D eigenvalue weighted by molar-refractivity contribution is 5.07. The molecule has 1 atom stereocenters. The van der Waals surface area contributed by atoms with Crippen molar-refractivity contribution in [3.63, 3.8) is 0 Å². The van der Waals surface area contributed by atoms with Crippen LogP contribution in [-0.2, 0) is 9.47 Å². The van der Waals surface area contributed by atoms with Gasteiger partial charge in [0.2, 0.25) is 0 Å². The summed E-state index contributed by atoms with van der Waals surface area (Å²) in [6.45, 7) is 9.23. The van der Waals surface area contributed by atoms with Gasteiger partial charge in [0.25, 0.3) is 0 Å². The number of rotatable bonds is 9. The van der Waals surface area contributed by atoms with Crippen LogP contribution < -0.4 is 0 Å². The number of hydrogen-bond acceptors (Lipinski definition) is 3. The van der Waals surface area contributed by atoms with Crippen LogP contribution in [0, 0.1) is 5.92 Å². The quantitative estimate of drug-likeness (QED) is 0.513. The van der Waals surface area contributed by atoms with Crippen LogP contribution in [0.5, 0.6) is 0 Å². The first-order valence-corrected chi connectivity index (χ1v) is 8.09. The molecule has 0 spiro atoms. The molecule has 0 saturated heterocycles. The van der Waals surface area contributed by atoms with Crippen LogP contribution in [0.4, 0.5) is 0 Å². The summed E-state index contributed by atoms with van der Waals surface area (Å²) in [7, 11) is 0. The van der Waals surface area contributed by atoms with Gasteiger partial charge in [0.15, 0.2) is 6.29 Å². The van der Waals surface area contributed by atoms with Crippen molar-refractivity contribution in [2.24, 2.45) is 5.92 Å². The van der Waals surface area contributed by atoms with Gasteiger partial charge >= 0.3 is 0 Å². The van der Waals surface area contributed by atoms with Gasteiger partial charge in [-0.3, -0.25) is 0 Å². The number of aliphatic hydroxyl groups is 1. The number of allylic oxidation sites excluding steroid dienone is 2. The van der Waals surface area contributed by atoms with E-state index in [4.69, 9.17) is 9.47 Å². The lowest BCUT2D eigenvalue weighted by Crippen LogP contribution is -2.28. The summed E-state index contributed by atoms with van der Waals surface area (Å²) >= 11 is 0. The summed E-state index contributed by atoms with van der Waals surface area (Å²) < 4.78 is 11.4. The van der Waals surface area contributed by atoms with E-state index >= 15 is 0 Å². The lowest BCUT2D eigenvalue weighted by Gasteiger charge is -2.29. The molecule has 0 heterocycles. The van der Waals surface area contributed by atoms with Gasteiger partial charge in [0, 0.05) is 19.1 Å². The molecule has 0 fully saturated rings. The van der Waals surface area contributed by atoms with Gasteiger partial charge in [-0.05, 0) is 66.2 Å². The van der Waals surface area contributed by atoms with Crippen molar-refractivity contribution < 1.29 is 14.6 Å². The molecular formula is C17H32O3. The normalized spacial score (nSPS) is 20.3. The number of hydrogen-bond donors (Lipinski definition) is 1. The molecule has 0 aromatic heterocycles. The lowest BCUT2D eigenvalue weighted by atomic mass is 9.86. The molecule has 1 aliphatic carbocycles. The van der Waals surface area contributed by atoms with Crippen molar-refractivity contribution >= 4 is 0 Å². The largest absolute Gasteiger partial charge is 0.390 e. The maximum atomic E-state index is 9.73. The summed E-state index contributed by atoms with van der Waals surface area (Å²) in [6.07, 6.45) is 8.73. The summed E-state index contributed by atoms with van der Waals surface area (Å²) in [6, 6.07) is 0. The molecule has 118 valence electrons. The summed E-state index contributed by atoms with van der Waals surface area (Å²) in [4.78, 5) is 0. The minimum Gasteiger partial charge on any atom is -0.390 e. The first kappa shape index (κ1) is 17.7. The summed E-state index contributed by atoms with van der Waals surface area (Å²) in [5, 5.41) is 9.73. The molecule has 1 N–H and O–H groups in total. The van der Waals surface area contributed by atoms with Crippen molar-refractivity contribution in [3.05, 3.63) is 11.6 Å². The smallest absolute Gasteiger partial charge is 0.160 e. The average Bonchev–Trinajstić information content (AvgIpc) is 2.38. The van der Waals surface area contributed by atoms with Crippen molar-refractivity contribution in [1.82, 2.24) is 0 Å². The molecule has 1 rings (SSSR count). The maximum Gasteiger partial charge on any atom is 0.160 e. The third kappa shape index (κ3) is 6.87. The molecule has 0 aromatic carbocycles. The van der Waals surface area contributed by atoms with Gasteiger partial charge in [0.05, 0.1) is 5.60 Å². The van der Waals surface area contributed by atoms with Gasteiger partial charge in [-0.2, -0.15) is 0 Å². The second-order valence-electron chi connectivity index (χ2n) is 6.34. The fourth-order valence-electron chi connectivity index (χ4n) is 2.78. The van der Waals surface area contributed by atoms with Gasteiger partial charge in [-0.15, -0.1) is 0 Å². The molecule has 3 heteroatoms. The predicted octanol–water partition coefficient (Wildman–Crippen LogP) is 4.05. The van der Waals surface area contributed by atoms with Crippen LogP contribution in [0.15, 0.2) is 11.6 Å². The first-order valence-electron chi connectivity index (χ1n) is 8.09. The Morgan fingerprint density at radius 1 is 1.30 bits per heavy atom. The van der Waals surface area contributed by atoms with Crippen LogP contribution in [0.3, 0.4) is 0 Å². The van der Waals surface area contributed by atoms with Crippen molar-refractivity contribution in [2.75, 3.05) is 13.2 Å². The molecule has 3 nitrogen and oxygen atoms in total. The van der Waals surface area contributed by atoms with E-state index in [1.54, 1.807) is 0 Å². The summed E-state index contributed by atoms with van der Waals surface area (Å²) in [5.41, 5.74) is 1.00. The van der Waals surface area contributed by atoms with Crippen LogP contribution in [0.2, 0.25) is 0 Å². The molecule has 1 unspecified atom stereocenters. The van der Waals surface area contributed by atoms with Gasteiger partial charge in [0.1, 0.15) is 0 Å². The molecule has 20 heavy (non-hydrogen) atoms. The van der Waals surface area contributed by atoms with Gasteiger partial charge in [-0.25, -0.2) is 0 Å². The molecule has 1 aliphatic rings. The van der Waals surface area contributed by atoms with Crippen molar-refractivity contribution in [1.29, 1.82) is 0 Å². The molecule has 0 radical (unpaired) electrons. The Hall–Kier alpha value is -0.380. The highest BCUT2D eigenvalue weighted by atomic mass is 16.7. The molecule has 0 bridgehead atoms. The predicted molar refractivity (Wildman–Crippen MR) is 82.6 cm³/mol. The molecule has 0 saturated carbocycles. The van der Waals surface area contributed by atoms with E-state index in [0.717, 1.165) is 38.5 Å². The third-order valence-corrected chi connectivity index (χ3v) is 3.88. The zero-order valence-electron chi connectivity index (χ0n) is 13.7. The van der Waals surface area contributed by atoms with Crippen molar-refractivity contribution in [2.45, 2.75) is 78.1 Å². The van der Waals surface area contributed by atoms with E-state index < -0.39 is 5.60 Å². The van der Waals surface area contributed by atoms with Crippen LogP contribution in [-0.4, -0.2) is 30.2 Å². The third-order valence-electron chi connectivity index (χ3n) is 3.88. The zero-order chi connectivity index (χ0) is 15.0. The Kier molecular flexibility index (Phi) is 7.78. The Morgan fingerprint density at radius 3 is 2.40 bits per heavy atom. The van der Waals surface area contributed by atoms with E-state index in [9.17, 15) is 5.11 Å². The van der Waals surface area contributed by atoms with E-state index in [1.807, 2.05) is 27.7 Å². The molecular weight excluding hydrogens is 252 g/mol. The van der Waals surface area contributed by atoms with Crippen LogP contribution >= 0.6 is 0 Å². The van der Waals surface area contributed by atoms with Crippen molar-refractivity contribution in [3.8, 4) is 0 Å². The Labute approximate surface area is 124 Å². The highest BCUT2D eigenvalue weighted by Gasteiger charge is 2.24. The second-order valence-corrected chi connectivity index (χ2v) is 6.34. The molecule has 0 amide bonds. The van der Waals surface area contributed by atoms with E-state index in [-0.39, 0.29) is 6.29 Å². The fourth-order valence-corrected chi connectivity index (χ4v) is 2.78. The number of ether oxygens (including phenoxy) is 2. The van der Waals surface area contributed by atoms with E-state index in [2.05, 4.69) is 6.08 Å². The van der Waals surface area contributed by atoms with Gasteiger partial charge in [-0.1, -0.05) is 11.6 Å². The monoisotopic (exact) mass is 284 g/mol. The SMILES string of the molecule is CCOC(OCC)C1CC=C(CCCC(C)(C)O)CC1. The average molecular weight is 284 g/mol. The molecule has 0 aliphatic heterocycles. The second kappa shape index (κ2) is 8.81. The highest BCUT2D eigenvalue weighted by Crippen LogP contribution is 2.31. The zero-order valence-corrected chi connectivity index (χ0v) is 13.7. The Morgan fingerprint density at radius 2 is 1.95 bits per heavy atom. The van der Waals surface area contributed by atoms with E-state index in [0.29, 0.717) is 19.1 Å². The first-order chi connectivity index (χ1) is 9.46. The minimum atomic E-state index is -0.535. The Balaban J connectivity index is 2.35. The van der Waals surface area contributed by atoms with Crippen LogP contribution in [0.25, 0.3) is 0 Å². The minimum absolute atomic E-state index is 0.0424. The van der Waals surface area contributed by atoms with Crippen LogP contribution in [0.1, 0.15) is 66.2 Å². The fraction of sp³-hybridized carbons (Fsp3) is 0.882. The lowest BCUT2D eigenvalue weighted by molar-refractivity contribution is -0.168. The standard InChI is InChI=1S/C17H32O3/c1-5-19-16(20-6-2)15-11-9-14(10-12-15)8-7-13-17(3,4)18/h9,15-16,18H,5-8,10-13H2,1-4H3. The Bertz CT molecular complexity index is 285. The topological polar surface area (TPSA) is 38.7 Å².